The SMILES string of the molecule is CC(=O)c1ccc(Nc2nc(NCCSOO[O-])nc(Nc3ccc(C=Cc4ccc(Nc5nc(NCCS(=O)(=O)[O-])nc(Nc6ccc(C(C)=O)cc6)n5)cc4S(=O)(=O)[O-])c(S(=O)(=O)[O-])c3)n2)cc1.[Na+].[Na+].[Na+].[Na+]. The van der Waals surface area contributed by atoms with Gasteiger partial charge in [-0.1, -0.05) is 24.3 Å². The zero-order chi connectivity index (χ0) is 50.6. The third kappa shape index (κ3) is 21.3. The molecule has 2 aromatic heterocycles. The van der Waals surface area contributed by atoms with Crippen LogP contribution in [0.4, 0.5) is 58.4 Å². The maximum Gasteiger partial charge on any atom is 1.00 e. The minimum absolute atomic E-state index is 0. The number of rotatable bonds is 24. The Labute approximate surface area is 516 Å². The molecule has 0 unspecified atom stereocenters. The molecule has 0 radical (unpaired) electrons. The number of hydrogen-bond acceptors (Lipinski definition) is 27. The number of carbonyl (C=O) groups is 2. The zero-order valence-electron chi connectivity index (χ0n) is 40.1. The number of nitrogens with one attached hydrogen (secondary N) is 6. The van der Waals surface area contributed by atoms with Gasteiger partial charge >= 0.3 is 118 Å². The first-order valence-corrected chi connectivity index (χ1v) is 25.1. The summed E-state index contributed by atoms with van der Waals surface area (Å²) < 4.78 is 113. The molecule has 26 nitrogen and oxygen atoms in total. The summed E-state index contributed by atoms with van der Waals surface area (Å²) in [6.07, 6.45) is 2.19. The van der Waals surface area contributed by atoms with Crippen LogP contribution in [-0.4, -0.2) is 105 Å². The van der Waals surface area contributed by atoms with Crippen LogP contribution in [0.1, 0.15) is 45.7 Å². The smallest absolute Gasteiger partial charge is 0.748 e. The molecule has 0 aliphatic rings. The van der Waals surface area contributed by atoms with Gasteiger partial charge < -0.3 is 50.8 Å². The summed E-state index contributed by atoms with van der Waals surface area (Å²) in [6.45, 7) is 2.57. The Morgan fingerprint density at radius 2 is 0.865 bits per heavy atom. The summed E-state index contributed by atoms with van der Waals surface area (Å²) in [6, 6.07) is 19.6. The fraction of sp³-hybridized carbons (Fsp3) is 0.150. The van der Waals surface area contributed by atoms with Crippen LogP contribution in [0.2, 0.25) is 0 Å². The molecule has 0 aliphatic heterocycles. The Morgan fingerprint density at radius 1 is 0.527 bits per heavy atom. The maximum absolute atomic E-state index is 12.6. The molecule has 4 aromatic carbocycles. The van der Waals surface area contributed by atoms with Gasteiger partial charge in [-0.3, -0.25) is 14.6 Å². The van der Waals surface area contributed by atoms with E-state index in [9.17, 15) is 53.8 Å². The molecule has 6 aromatic rings. The first-order chi connectivity index (χ1) is 33.1. The van der Waals surface area contributed by atoms with Gasteiger partial charge in [-0.25, -0.2) is 25.3 Å². The zero-order valence-corrected chi connectivity index (χ0v) is 51.4. The summed E-state index contributed by atoms with van der Waals surface area (Å²) in [7, 11) is -15.1. The number of benzene rings is 4. The van der Waals surface area contributed by atoms with E-state index >= 15 is 0 Å². The van der Waals surface area contributed by atoms with Gasteiger partial charge in [-0.2, -0.15) is 34.2 Å². The van der Waals surface area contributed by atoms with Crippen LogP contribution in [-0.2, 0) is 39.7 Å². The third-order valence-corrected chi connectivity index (χ3v) is 12.1. The molecule has 0 bridgehead atoms. The maximum atomic E-state index is 12.6. The van der Waals surface area contributed by atoms with Gasteiger partial charge in [0, 0.05) is 64.8 Å². The van der Waals surface area contributed by atoms with E-state index in [0.717, 1.165) is 24.3 Å². The van der Waals surface area contributed by atoms with E-state index in [4.69, 9.17) is 0 Å². The van der Waals surface area contributed by atoms with Gasteiger partial charge in [0.1, 0.15) is 20.2 Å². The second kappa shape index (κ2) is 30.6. The summed E-state index contributed by atoms with van der Waals surface area (Å²) in [5.41, 5.74) is 1.30. The minimum atomic E-state index is -5.26. The van der Waals surface area contributed by atoms with Crippen molar-refractivity contribution in [3.05, 3.63) is 107 Å². The molecule has 74 heavy (non-hydrogen) atoms. The van der Waals surface area contributed by atoms with Gasteiger partial charge in [0.25, 0.3) is 0 Å². The average molecular weight is 1130 g/mol. The largest absolute Gasteiger partial charge is 1.00 e. The van der Waals surface area contributed by atoms with E-state index < -0.39 is 52.4 Å². The molecular formula is C40H36N12Na4O14S4. The van der Waals surface area contributed by atoms with Crippen LogP contribution >= 0.6 is 12.0 Å². The van der Waals surface area contributed by atoms with E-state index in [1.54, 1.807) is 36.4 Å². The Hall–Kier alpha value is -3.26. The van der Waals surface area contributed by atoms with E-state index in [1.807, 2.05) is 0 Å². The Balaban J connectivity index is 0.00000469. The summed E-state index contributed by atoms with van der Waals surface area (Å²) in [4.78, 5) is 47.3. The van der Waals surface area contributed by atoms with Crippen LogP contribution in [0.5, 0.6) is 0 Å². The van der Waals surface area contributed by atoms with Crippen molar-refractivity contribution in [1.29, 1.82) is 0 Å². The van der Waals surface area contributed by atoms with Crippen molar-refractivity contribution in [2.75, 3.05) is 56.5 Å². The van der Waals surface area contributed by atoms with Crippen molar-refractivity contribution in [3.63, 3.8) is 0 Å². The first-order valence-electron chi connectivity index (χ1n) is 19.8. The van der Waals surface area contributed by atoms with Gasteiger partial charge in [-0.15, -0.1) is 0 Å². The predicted octanol–water partition coefficient (Wildman–Crippen LogP) is -8.33. The van der Waals surface area contributed by atoms with Crippen LogP contribution in [0.3, 0.4) is 0 Å². The molecule has 368 valence electrons. The minimum Gasteiger partial charge on any atom is -0.748 e. The van der Waals surface area contributed by atoms with Crippen molar-refractivity contribution >= 4 is 125 Å². The second-order valence-electron chi connectivity index (χ2n) is 14.2. The summed E-state index contributed by atoms with van der Waals surface area (Å²) in [5, 5.41) is 30.3. The van der Waals surface area contributed by atoms with Crippen LogP contribution in [0, 0.1) is 0 Å². The van der Waals surface area contributed by atoms with Crippen molar-refractivity contribution < 1.29 is 181 Å². The quantitative estimate of drug-likeness (QED) is 0.00479. The van der Waals surface area contributed by atoms with Crippen LogP contribution in [0.25, 0.3) is 12.2 Å². The van der Waals surface area contributed by atoms with Gasteiger partial charge in [0.15, 0.2) is 11.6 Å². The number of ketones is 2. The van der Waals surface area contributed by atoms with Gasteiger partial charge in [0.2, 0.25) is 35.7 Å². The van der Waals surface area contributed by atoms with E-state index in [2.05, 4.69) is 71.2 Å². The predicted molar refractivity (Wildman–Crippen MR) is 250 cm³/mol. The number of aromatic nitrogens is 6. The average Bonchev–Trinajstić information content (AvgIpc) is 3.28. The monoisotopic (exact) mass is 1130 g/mol. The second-order valence-corrected chi connectivity index (χ2v) is 19.2. The van der Waals surface area contributed by atoms with Crippen molar-refractivity contribution in [2.24, 2.45) is 0 Å². The van der Waals surface area contributed by atoms with Crippen LogP contribution in [0.15, 0.2) is 94.7 Å². The molecule has 0 saturated heterocycles. The Kier molecular flexibility index (Phi) is 27.7. The van der Waals surface area contributed by atoms with Gasteiger partial charge in [0.05, 0.1) is 25.7 Å². The standard InChI is InChI=1S/C40H40N12O14S4.4Na/c1-23(53)25-5-11-29(12-6-25)43-37-47-35(41-17-19-67-66-65-55)48-39(51-37)45-31-15-9-27(33(21-31)69(59,60)61)3-4-28-10-16-32(22-34(28)70(62,63)64)46-40-50-36(42-18-20-68(56,57)58)49-38(52-40)44-30-13-7-26(8-14-30)24(2)54;;;;/h3-16,21-22,55H,17-20H2,1-2H3,(H,56,57,58)(H,59,60,61)(H,62,63,64)(H3,41,43,45,47,48,51)(H3,42,44,46,49,50,52);;;;/q;4*+1/p-4. The molecule has 2 heterocycles. The molecule has 0 amide bonds. The number of nitrogens with zero attached hydrogens (tertiary/aromatic N) is 6. The van der Waals surface area contributed by atoms with Gasteiger partial charge in [-0.05, 0) is 97.8 Å². The van der Waals surface area contributed by atoms with Crippen molar-refractivity contribution in [1.82, 2.24) is 29.9 Å². The first kappa shape index (κ1) is 66.9. The molecule has 0 fully saturated rings. The molecule has 0 aliphatic carbocycles. The molecule has 0 spiro atoms. The van der Waals surface area contributed by atoms with E-state index in [0.29, 0.717) is 34.5 Å². The molecule has 34 heteroatoms. The number of carbonyl (C=O) groups excluding carboxylic acids is 2. The Bertz CT molecular complexity index is 3280. The normalized spacial score (nSPS) is 11.2. The fourth-order valence-corrected chi connectivity index (χ4v) is 7.92. The summed E-state index contributed by atoms with van der Waals surface area (Å²) in [5.74, 6) is -1.70. The van der Waals surface area contributed by atoms with E-state index in [1.165, 1.54) is 50.2 Å². The number of hydrogen-bond donors (Lipinski definition) is 6. The van der Waals surface area contributed by atoms with Crippen molar-refractivity contribution in [2.45, 2.75) is 23.6 Å². The number of Topliss-reactive ketones (excluding diaryl/α,β-unsaturated/α-hetero) is 2. The third-order valence-electron chi connectivity index (χ3n) is 9.07. The topological polar surface area (TPSA) is 397 Å². The molecular weight excluding hydrogens is 1090 g/mol. The molecule has 6 N–H and O–H groups in total. The molecule has 0 saturated carbocycles. The van der Waals surface area contributed by atoms with Crippen LogP contribution < -0.4 is 155 Å². The van der Waals surface area contributed by atoms with Crippen molar-refractivity contribution in [3.8, 4) is 0 Å². The van der Waals surface area contributed by atoms with E-state index in [-0.39, 0.29) is 200 Å². The summed E-state index contributed by atoms with van der Waals surface area (Å²) >= 11 is 0.700. The Morgan fingerprint density at radius 3 is 1.20 bits per heavy atom. The fourth-order valence-electron chi connectivity index (χ4n) is 5.88. The molecule has 6 rings (SSSR count). The number of anilines is 10. The molecule has 0 atom stereocenters.